The van der Waals surface area contributed by atoms with Gasteiger partial charge < -0.3 is 0 Å². The van der Waals surface area contributed by atoms with Crippen molar-refractivity contribution in [2.45, 2.75) is 25.8 Å². The summed E-state index contributed by atoms with van der Waals surface area (Å²) >= 11 is 0. The normalized spacial score (nSPS) is 31.3. The number of imide groups is 1. The van der Waals surface area contributed by atoms with Crippen LogP contribution in [0.15, 0.2) is 12.2 Å². The molecule has 3 atom stereocenters. The SMILES string of the molecule is CC(C#N)N1C(=O)[C@H]2CC=CC[C@H]2C1=O. The summed E-state index contributed by atoms with van der Waals surface area (Å²) in [6.45, 7) is 1.58. The zero-order valence-electron chi connectivity index (χ0n) is 8.51. The zero-order chi connectivity index (χ0) is 11.0. The molecule has 4 heteroatoms. The van der Waals surface area contributed by atoms with Gasteiger partial charge in [0, 0.05) is 0 Å². The van der Waals surface area contributed by atoms with Crippen LogP contribution in [0.5, 0.6) is 0 Å². The highest BCUT2D eigenvalue weighted by Gasteiger charge is 2.48. The van der Waals surface area contributed by atoms with Gasteiger partial charge >= 0.3 is 0 Å². The molecule has 78 valence electrons. The van der Waals surface area contributed by atoms with Crippen LogP contribution in [-0.4, -0.2) is 22.8 Å². The molecule has 2 rings (SSSR count). The molecule has 4 nitrogen and oxygen atoms in total. The molecular weight excluding hydrogens is 192 g/mol. The third kappa shape index (κ3) is 1.35. The maximum Gasteiger partial charge on any atom is 0.234 e. The summed E-state index contributed by atoms with van der Waals surface area (Å²) in [5.41, 5.74) is 0. The van der Waals surface area contributed by atoms with E-state index in [1.807, 2.05) is 18.2 Å². The van der Waals surface area contributed by atoms with Gasteiger partial charge in [0.25, 0.3) is 0 Å². The fourth-order valence-electron chi connectivity index (χ4n) is 2.27. The first-order chi connectivity index (χ1) is 7.16. The molecule has 0 spiro atoms. The molecule has 15 heavy (non-hydrogen) atoms. The molecule has 1 aliphatic carbocycles. The lowest BCUT2D eigenvalue weighted by molar-refractivity contribution is -0.141. The Bertz CT molecular complexity index is 355. The largest absolute Gasteiger partial charge is 0.274 e. The Morgan fingerprint density at radius 3 is 2.20 bits per heavy atom. The van der Waals surface area contributed by atoms with Gasteiger partial charge in [0.2, 0.25) is 11.8 Å². The summed E-state index contributed by atoms with van der Waals surface area (Å²) in [5.74, 6) is -0.802. The average Bonchev–Trinajstić information content (AvgIpc) is 2.52. The average molecular weight is 204 g/mol. The summed E-state index contributed by atoms with van der Waals surface area (Å²) in [7, 11) is 0. The quantitative estimate of drug-likeness (QED) is 0.470. The lowest BCUT2D eigenvalue weighted by Gasteiger charge is -2.16. The van der Waals surface area contributed by atoms with Crippen molar-refractivity contribution >= 4 is 11.8 Å². The third-order valence-electron chi connectivity index (χ3n) is 3.12. The summed E-state index contributed by atoms with van der Waals surface area (Å²) in [5, 5.41) is 8.75. The Hall–Kier alpha value is -1.63. The number of allylic oxidation sites excluding steroid dienone is 2. The van der Waals surface area contributed by atoms with E-state index >= 15 is 0 Å². The Balaban J connectivity index is 2.29. The third-order valence-corrected chi connectivity index (χ3v) is 3.12. The van der Waals surface area contributed by atoms with Crippen molar-refractivity contribution in [2.24, 2.45) is 11.8 Å². The fourth-order valence-corrected chi connectivity index (χ4v) is 2.27. The molecule has 2 amide bonds. The molecular formula is C11H12N2O2. The zero-order valence-corrected chi connectivity index (χ0v) is 8.51. The summed E-state index contributed by atoms with van der Waals surface area (Å²) in [6, 6.07) is 1.30. The van der Waals surface area contributed by atoms with E-state index in [2.05, 4.69) is 0 Å². The Morgan fingerprint density at radius 2 is 1.80 bits per heavy atom. The minimum Gasteiger partial charge on any atom is -0.274 e. The van der Waals surface area contributed by atoms with Crippen molar-refractivity contribution in [2.75, 3.05) is 0 Å². The first-order valence-corrected chi connectivity index (χ1v) is 5.08. The van der Waals surface area contributed by atoms with Crippen LogP contribution < -0.4 is 0 Å². The number of rotatable bonds is 1. The highest BCUT2D eigenvalue weighted by molar-refractivity contribution is 6.06. The van der Waals surface area contributed by atoms with Gasteiger partial charge in [-0.3, -0.25) is 14.5 Å². The first kappa shape index (κ1) is 9.91. The van der Waals surface area contributed by atoms with Gasteiger partial charge in [-0.15, -0.1) is 0 Å². The smallest absolute Gasteiger partial charge is 0.234 e. The van der Waals surface area contributed by atoms with E-state index in [-0.39, 0.29) is 23.7 Å². The summed E-state index contributed by atoms with van der Waals surface area (Å²) < 4.78 is 0. The van der Waals surface area contributed by atoms with Gasteiger partial charge in [-0.05, 0) is 19.8 Å². The van der Waals surface area contributed by atoms with Crippen molar-refractivity contribution in [3.05, 3.63) is 12.2 Å². The number of likely N-dealkylation sites (tertiary alicyclic amines) is 1. The topological polar surface area (TPSA) is 61.2 Å². The molecule has 0 radical (unpaired) electrons. The van der Waals surface area contributed by atoms with Crippen LogP contribution in [0.25, 0.3) is 0 Å². The van der Waals surface area contributed by atoms with Crippen LogP contribution in [0.2, 0.25) is 0 Å². The molecule has 1 heterocycles. The van der Waals surface area contributed by atoms with Gasteiger partial charge in [0.1, 0.15) is 6.04 Å². The minimum absolute atomic E-state index is 0.177. The second kappa shape index (κ2) is 3.50. The van der Waals surface area contributed by atoms with Crippen molar-refractivity contribution in [3.63, 3.8) is 0 Å². The van der Waals surface area contributed by atoms with Crippen LogP contribution in [0.4, 0.5) is 0 Å². The second-order valence-electron chi connectivity index (χ2n) is 4.01. The molecule has 2 aliphatic rings. The number of nitriles is 1. The van der Waals surface area contributed by atoms with Crippen LogP contribution in [0.3, 0.4) is 0 Å². The highest BCUT2D eigenvalue weighted by atomic mass is 16.2. The van der Waals surface area contributed by atoms with Crippen LogP contribution in [-0.2, 0) is 9.59 Å². The molecule has 0 aromatic carbocycles. The van der Waals surface area contributed by atoms with Crippen molar-refractivity contribution in [3.8, 4) is 6.07 Å². The fraction of sp³-hybridized carbons (Fsp3) is 0.545. The van der Waals surface area contributed by atoms with Crippen molar-refractivity contribution in [1.29, 1.82) is 5.26 Å². The van der Waals surface area contributed by atoms with Gasteiger partial charge in [0.15, 0.2) is 0 Å². The van der Waals surface area contributed by atoms with Gasteiger partial charge in [0.05, 0.1) is 17.9 Å². The van der Waals surface area contributed by atoms with E-state index in [4.69, 9.17) is 5.26 Å². The lowest BCUT2D eigenvalue weighted by atomic mass is 9.85. The molecule has 1 saturated heterocycles. The van der Waals surface area contributed by atoms with E-state index in [0.29, 0.717) is 12.8 Å². The Labute approximate surface area is 88.2 Å². The highest BCUT2D eigenvalue weighted by Crippen LogP contribution is 2.35. The molecule has 0 aromatic heterocycles. The van der Waals surface area contributed by atoms with Crippen molar-refractivity contribution in [1.82, 2.24) is 4.90 Å². The number of fused-ring (bicyclic) bond motifs is 1. The molecule has 1 fully saturated rings. The van der Waals surface area contributed by atoms with E-state index in [9.17, 15) is 9.59 Å². The molecule has 0 N–H and O–H groups in total. The molecule has 0 aromatic rings. The van der Waals surface area contributed by atoms with E-state index < -0.39 is 6.04 Å². The predicted octanol–water partition coefficient (Wildman–Crippen LogP) is 0.850. The Morgan fingerprint density at radius 1 is 1.33 bits per heavy atom. The van der Waals surface area contributed by atoms with Gasteiger partial charge in [-0.1, -0.05) is 12.2 Å². The number of carbonyl (C=O) groups is 2. The second-order valence-corrected chi connectivity index (χ2v) is 4.01. The maximum atomic E-state index is 11.9. The first-order valence-electron chi connectivity index (χ1n) is 5.08. The number of amides is 2. The van der Waals surface area contributed by atoms with Crippen LogP contribution >= 0.6 is 0 Å². The summed E-state index contributed by atoms with van der Waals surface area (Å²) in [6.07, 6.45) is 5.13. The Kier molecular flexibility index (Phi) is 2.31. The van der Waals surface area contributed by atoms with Crippen LogP contribution in [0, 0.1) is 23.2 Å². The van der Waals surface area contributed by atoms with Gasteiger partial charge in [-0.25, -0.2) is 0 Å². The van der Waals surface area contributed by atoms with Gasteiger partial charge in [-0.2, -0.15) is 5.26 Å². The number of hydrogen-bond donors (Lipinski definition) is 0. The maximum absolute atomic E-state index is 11.9. The monoisotopic (exact) mass is 204 g/mol. The molecule has 0 bridgehead atoms. The summed E-state index contributed by atoms with van der Waals surface area (Å²) in [4.78, 5) is 24.9. The molecule has 0 saturated carbocycles. The van der Waals surface area contributed by atoms with E-state index in [0.717, 1.165) is 4.90 Å². The molecule has 1 aliphatic heterocycles. The predicted molar refractivity (Wildman–Crippen MR) is 52.3 cm³/mol. The van der Waals surface area contributed by atoms with Crippen LogP contribution in [0.1, 0.15) is 19.8 Å². The number of hydrogen-bond acceptors (Lipinski definition) is 3. The number of carbonyl (C=O) groups excluding carboxylic acids is 2. The standard InChI is InChI=1S/C11H12N2O2/c1-7(6-12)13-10(14)8-4-2-3-5-9(8)11(13)15/h2-3,7-9H,4-5H2,1H3/t7?,8-,9+. The van der Waals surface area contributed by atoms with Crippen molar-refractivity contribution < 1.29 is 9.59 Å². The lowest BCUT2D eigenvalue weighted by Crippen LogP contribution is -2.38. The number of nitrogens with zero attached hydrogens (tertiary/aromatic N) is 2. The van der Waals surface area contributed by atoms with E-state index in [1.165, 1.54) is 0 Å². The van der Waals surface area contributed by atoms with E-state index in [1.54, 1.807) is 6.92 Å². The molecule has 1 unspecified atom stereocenters. The minimum atomic E-state index is -0.643.